The van der Waals surface area contributed by atoms with Crippen LogP contribution < -0.4 is 0 Å². The Morgan fingerprint density at radius 3 is 2.54 bits per heavy atom. The van der Waals surface area contributed by atoms with Crippen molar-refractivity contribution in [1.29, 1.82) is 0 Å². The van der Waals surface area contributed by atoms with Gasteiger partial charge in [-0.1, -0.05) is 39.2 Å². The van der Waals surface area contributed by atoms with Crippen molar-refractivity contribution in [2.24, 2.45) is 5.92 Å². The first kappa shape index (κ1) is 18.1. The lowest BCUT2D eigenvalue weighted by atomic mass is 9.99. The topological polar surface area (TPSA) is 37.4 Å². The van der Waals surface area contributed by atoms with E-state index in [0.29, 0.717) is 23.6 Å². The molecule has 6 heteroatoms. The largest absolute Gasteiger partial charge is 0.274 e. The molecule has 0 saturated carbocycles. The van der Waals surface area contributed by atoms with Gasteiger partial charge in [0.25, 0.3) is 11.8 Å². The quantitative estimate of drug-likeness (QED) is 0.466. The Morgan fingerprint density at radius 1 is 1.12 bits per heavy atom. The fourth-order valence-corrected chi connectivity index (χ4v) is 6.39. The van der Waals surface area contributed by atoms with E-state index in [1.165, 1.54) is 16.2 Å². The van der Waals surface area contributed by atoms with Gasteiger partial charge in [-0.15, -0.1) is 11.3 Å². The third-order valence-corrected chi connectivity index (χ3v) is 7.29. The molecule has 0 aliphatic carbocycles. The molecule has 0 fully saturated rings. The number of benzene rings is 1. The molecule has 0 bridgehead atoms. The van der Waals surface area contributed by atoms with Crippen molar-refractivity contribution < 1.29 is 9.59 Å². The summed E-state index contributed by atoms with van der Waals surface area (Å²) in [5.41, 5.74) is 1.08. The Kier molecular flexibility index (Phi) is 5.47. The van der Waals surface area contributed by atoms with Gasteiger partial charge in [-0.3, -0.25) is 14.5 Å². The predicted octanol–water partition coefficient (Wildman–Crippen LogP) is 6.24. The van der Waals surface area contributed by atoms with Crippen molar-refractivity contribution in [3.05, 3.63) is 30.8 Å². The average molecular weight is 473 g/mol. The summed E-state index contributed by atoms with van der Waals surface area (Å²) >= 11 is 8.61. The first-order valence-electron chi connectivity index (χ1n) is 8.26. The molecular weight excluding hydrogens is 454 g/mol. The molecule has 2 aromatic rings. The third kappa shape index (κ3) is 2.97. The second-order valence-corrected chi connectivity index (χ2v) is 9.85. The van der Waals surface area contributed by atoms with E-state index in [2.05, 4.69) is 45.7 Å². The Morgan fingerprint density at radius 2 is 1.88 bits per heavy atom. The molecule has 1 aliphatic heterocycles. The fourth-order valence-electron chi connectivity index (χ4n) is 3.27. The van der Waals surface area contributed by atoms with Crippen LogP contribution in [0.2, 0.25) is 0 Å². The van der Waals surface area contributed by atoms with Crippen LogP contribution in [0.25, 0.3) is 10.8 Å². The normalized spacial score (nSPS) is 15.4. The number of thiophene rings is 1. The first-order valence-corrected chi connectivity index (χ1v) is 10.7. The number of amides is 2. The van der Waals surface area contributed by atoms with Gasteiger partial charge in [0, 0.05) is 17.3 Å². The van der Waals surface area contributed by atoms with Crippen LogP contribution in [0.3, 0.4) is 0 Å². The predicted molar refractivity (Wildman–Crippen MR) is 106 cm³/mol. The number of rotatable bonds is 6. The number of carbonyl (C=O) groups excluding carboxylic acids is 2. The van der Waals surface area contributed by atoms with Gasteiger partial charge < -0.3 is 0 Å². The van der Waals surface area contributed by atoms with Crippen molar-refractivity contribution in [3.63, 3.8) is 0 Å². The van der Waals surface area contributed by atoms with Crippen LogP contribution in [-0.2, 0) is 0 Å². The Balaban J connectivity index is 1.98. The standard InChI is InChI=1S/C18H19Br2NO2S/c1-3-5-6-10(4-2)9-21-17(22)12-8-7-11-13(14(12)18(21)23)16(20)24-15(11)19/h7-8,10H,3-6,9H2,1-2H3. The van der Waals surface area contributed by atoms with Gasteiger partial charge in [0.2, 0.25) is 0 Å². The summed E-state index contributed by atoms with van der Waals surface area (Å²) in [5.74, 6) is 0.0722. The lowest BCUT2D eigenvalue weighted by Gasteiger charge is -2.21. The number of hydrogen-bond acceptors (Lipinski definition) is 3. The van der Waals surface area contributed by atoms with Gasteiger partial charge in [0.1, 0.15) is 0 Å². The molecule has 128 valence electrons. The second kappa shape index (κ2) is 7.26. The summed E-state index contributed by atoms with van der Waals surface area (Å²) in [6.07, 6.45) is 4.31. The Bertz CT molecular complexity index is 815. The third-order valence-electron chi connectivity index (χ3n) is 4.71. The number of fused-ring (bicyclic) bond motifs is 3. The van der Waals surface area contributed by atoms with Crippen LogP contribution in [-0.4, -0.2) is 23.3 Å². The Hall–Kier alpha value is -0.720. The molecule has 1 aliphatic rings. The van der Waals surface area contributed by atoms with E-state index in [-0.39, 0.29) is 11.8 Å². The van der Waals surface area contributed by atoms with E-state index >= 15 is 0 Å². The minimum atomic E-state index is -0.152. The molecular formula is C18H19Br2NO2S. The molecule has 0 saturated heterocycles. The number of hydrogen-bond donors (Lipinski definition) is 0. The van der Waals surface area contributed by atoms with Crippen molar-refractivity contribution in [1.82, 2.24) is 4.90 Å². The molecule has 2 heterocycles. The van der Waals surface area contributed by atoms with Gasteiger partial charge in [-0.25, -0.2) is 0 Å². The summed E-state index contributed by atoms with van der Waals surface area (Å²) < 4.78 is 1.86. The summed E-state index contributed by atoms with van der Waals surface area (Å²) in [4.78, 5) is 27.2. The van der Waals surface area contributed by atoms with Crippen molar-refractivity contribution in [2.75, 3.05) is 6.54 Å². The minimum absolute atomic E-state index is 0.151. The number of nitrogens with zero attached hydrogens (tertiary/aromatic N) is 1. The number of imide groups is 1. The van der Waals surface area contributed by atoms with E-state index < -0.39 is 0 Å². The van der Waals surface area contributed by atoms with E-state index in [1.807, 2.05) is 6.07 Å². The highest BCUT2D eigenvalue weighted by atomic mass is 79.9. The fraction of sp³-hybridized carbons (Fsp3) is 0.444. The highest BCUT2D eigenvalue weighted by Crippen LogP contribution is 2.43. The van der Waals surface area contributed by atoms with E-state index in [0.717, 1.165) is 44.0 Å². The van der Waals surface area contributed by atoms with Crippen LogP contribution >= 0.6 is 43.2 Å². The zero-order valence-corrected chi connectivity index (χ0v) is 17.7. The summed E-state index contributed by atoms with van der Waals surface area (Å²) in [7, 11) is 0. The van der Waals surface area contributed by atoms with Crippen molar-refractivity contribution in [3.8, 4) is 0 Å². The lowest BCUT2D eigenvalue weighted by molar-refractivity contribution is 0.0625. The molecule has 1 aromatic carbocycles. The number of halogens is 2. The lowest BCUT2D eigenvalue weighted by Crippen LogP contribution is -2.34. The first-order chi connectivity index (χ1) is 11.5. The molecule has 0 radical (unpaired) electrons. The maximum atomic E-state index is 13.0. The van der Waals surface area contributed by atoms with Crippen LogP contribution in [0, 0.1) is 5.92 Å². The van der Waals surface area contributed by atoms with Crippen molar-refractivity contribution in [2.45, 2.75) is 39.5 Å². The molecule has 1 unspecified atom stereocenters. The highest BCUT2D eigenvalue weighted by Gasteiger charge is 2.38. The number of carbonyl (C=O) groups is 2. The maximum absolute atomic E-state index is 13.0. The average Bonchev–Trinajstić information content (AvgIpc) is 2.99. The molecule has 0 N–H and O–H groups in total. The van der Waals surface area contributed by atoms with E-state index in [4.69, 9.17) is 0 Å². The van der Waals surface area contributed by atoms with Crippen LogP contribution in [0.5, 0.6) is 0 Å². The SMILES string of the molecule is CCCCC(CC)CN1C(=O)c2ccc3c(Br)sc(Br)c3c2C1=O. The van der Waals surface area contributed by atoms with Gasteiger partial charge in [-0.2, -0.15) is 0 Å². The number of unbranched alkanes of at least 4 members (excludes halogenated alkanes) is 1. The smallest absolute Gasteiger partial charge is 0.262 e. The van der Waals surface area contributed by atoms with Crippen LogP contribution in [0.1, 0.15) is 60.2 Å². The second-order valence-electron chi connectivity index (χ2n) is 6.20. The summed E-state index contributed by atoms with van der Waals surface area (Å²) in [6, 6.07) is 3.71. The zero-order valence-electron chi connectivity index (χ0n) is 13.7. The molecule has 3 nitrogen and oxygen atoms in total. The maximum Gasteiger partial charge on any atom is 0.262 e. The van der Waals surface area contributed by atoms with E-state index in [1.54, 1.807) is 6.07 Å². The molecule has 24 heavy (non-hydrogen) atoms. The molecule has 3 rings (SSSR count). The van der Waals surface area contributed by atoms with Gasteiger partial charge >= 0.3 is 0 Å². The molecule has 1 atom stereocenters. The van der Waals surface area contributed by atoms with E-state index in [9.17, 15) is 9.59 Å². The van der Waals surface area contributed by atoms with Crippen LogP contribution in [0.15, 0.2) is 19.7 Å². The molecule has 0 spiro atoms. The highest BCUT2D eigenvalue weighted by molar-refractivity contribution is 9.12. The van der Waals surface area contributed by atoms with Gasteiger partial charge in [-0.05, 0) is 50.3 Å². The monoisotopic (exact) mass is 471 g/mol. The van der Waals surface area contributed by atoms with Crippen molar-refractivity contribution >= 4 is 65.8 Å². The molecule has 2 amide bonds. The Labute approximate surface area is 162 Å². The van der Waals surface area contributed by atoms with Crippen LogP contribution in [0.4, 0.5) is 0 Å². The zero-order chi connectivity index (χ0) is 17.4. The minimum Gasteiger partial charge on any atom is -0.274 e. The van der Waals surface area contributed by atoms with Gasteiger partial charge in [0.05, 0.1) is 18.7 Å². The summed E-state index contributed by atoms with van der Waals surface area (Å²) in [5, 5.41) is 1.83. The summed E-state index contributed by atoms with van der Waals surface area (Å²) in [6.45, 7) is 4.81. The van der Waals surface area contributed by atoms with Gasteiger partial charge in [0.15, 0.2) is 0 Å². The molecule has 1 aromatic heterocycles.